The number of hydrogen-bond acceptors (Lipinski definition) is 5. The molecule has 212 valence electrons. The molecule has 38 heavy (non-hydrogen) atoms. The van der Waals surface area contributed by atoms with E-state index >= 15 is 0 Å². The van der Waals surface area contributed by atoms with Crippen molar-refractivity contribution < 1.29 is 0 Å². The van der Waals surface area contributed by atoms with Gasteiger partial charge in [-0.3, -0.25) is 0 Å². The minimum atomic E-state index is 0.435. The summed E-state index contributed by atoms with van der Waals surface area (Å²) < 4.78 is 0. The fourth-order valence-corrected chi connectivity index (χ4v) is 4.32. The van der Waals surface area contributed by atoms with E-state index in [1.807, 2.05) is 0 Å². The van der Waals surface area contributed by atoms with Gasteiger partial charge in [-0.1, -0.05) is 80.9 Å². The summed E-state index contributed by atoms with van der Waals surface area (Å²) >= 11 is 0. The highest BCUT2D eigenvalue weighted by molar-refractivity contribution is 5.74. The lowest BCUT2D eigenvalue weighted by atomic mass is 10.0. The van der Waals surface area contributed by atoms with E-state index in [2.05, 4.69) is 119 Å². The van der Waals surface area contributed by atoms with Crippen molar-refractivity contribution in [3.05, 3.63) is 79.3 Å². The highest BCUT2D eigenvalue weighted by Crippen LogP contribution is 2.24. The van der Waals surface area contributed by atoms with E-state index in [1.165, 1.54) is 0 Å². The molecule has 0 amide bonds. The molecule has 0 fully saturated rings. The zero-order chi connectivity index (χ0) is 28.7. The van der Waals surface area contributed by atoms with Crippen molar-refractivity contribution in [2.45, 2.75) is 92.2 Å². The third-order valence-electron chi connectivity index (χ3n) is 6.58. The average molecular weight is 522 g/mol. The van der Waals surface area contributed by atoms with Gasteiger partial charge in [0.15, 0.2) is 0 Å². The lowest BCUT2D eigenvalue weighted by Crippen LogP contribution is -2.33. The molecule has 1 rings (SSSR count). The standard InChI is InChI=1S/C33H55N5/c1-12-16-24(7)36-33-19-29(27(10)34-21-25(8)37-31(13-2)14-3)18-30(20-33)28(11)35-22-26(9)38-32(15-4)17-23(5)6/h18-20,23,31-32,34-38H,7-17,21-22H2,1-6H3. The molecule has 0 aliphatic rings. The summed E-state index contributed by atoms with van der Waals surface area (Å²) in [6.45, 7) is 35.7. The van der Waals surface area contributed by atoms with Gasteiger partial charge in [0.05, 0.1) is 13.1 Å². The van der Waals surface area contributed by atoms with Crippen LogP contribution < -0.4 is 26.6 Å². The maximum atomic E-state index is 4.32. The minimum Gasteiger partial charge on any atom is -0.385 e. The van der Waals surface area contributed by atoms with Crippen LogP contribution in [0.1, 0.15) is 91.2 Å². The molecule has 0 spiro atoms. The molecule has 0 heterocycles. The molecule has 1 atom stereocenters. The summed E-state index contributed by atoms with van der Waals surface area (Å²) in [6.07, 6.45) is 6.30. The van der Waals surface area contributed by atoms with Crippen LogP contribution in [0, 0.1) is 5.92 Å². The number of benzene rings is 1. The Balaban J connectivity index is 2.97. The fourth-order valence-electron chi connectivity index (χ4n) is 4.32. The fraction of sp³-hybridized carbons (Fsp3) is 0.515. The number of rotatable bonds is 21. The number of allylic oxidation sites excluding steroid dienone is 1. The van der Waals surface area contributed by atoms with Crippen LogP contribution in [-0.4, -0.2) is 25.2 Å². The highest BCUT2D eigenvalue weighted by atomic mass is 15.0. The van der Waals surface area contributed by atoms with Crippen molar-refractivity contribution in [3.8, 4) is 0 Å². The third-order valence-corrected chi connectivity index (χ3v) is 6.58. The van der Waals surface area contributed by atoms with Gasteiger partial charge in [-0.2, -0.15) is 0 Å². The van der Waals surface area contributed by atoms with Crippen LogP contribution in [0.4, 0.5) is 5.69 Å². The van der Waals surface area contributed by atoms with E-state index in [9.17, 15) is 0 Å². The first-order valence-electron chi connectivity index (χ1n) is 14.4. The molecule has 0 saturated carbocycles. The number of nitrogens with one attached hydrogen (secondary N) is 5. The Kier molecular flexibility index (Phi) is 15.1. The SMILES string of the molecule is C=C(CCC)Nc1cc(C(=C)NCC(=C)NC(CC)CC)cc(C(=C)NCC(=C)NC(CC)CC(C)C)c1. The Morgan fingerprint density at radius 2 is 1.16 bits per heavy atom. The van der Waals surface area contributed by atoms with Gasteiger partial charge in [0.2, 0.25) is 0 Å². The Labute approximate surface area is 234 Å². The molecule has 1 unspecified atom stereocenters. The van der Waals surface area contributed by atoms with Gasteiger partial charge < -0.3 is 26.6 Å². The van der Waals surface area contributed by atoms with Crippen LogP contribution in [-0.2, 0) is 0 Å². The summed E-state index contributed by atoms with van der Waals surface area (Å²) in [7, 11) is 0. The molecule has 0 aromatic heterocycles. The minimum absolute atomic E-state index is 0.435. The van der Waals surface area contributed by atoms with Crippen LogP contribution in [0.3, 0.4) is 0 Å². The van der Waals surface area contributed by atoms with Gasteiger partial charge in [0.25, 0.3) is 0 Å². The third kappa shape index (κ3) is 12.4. The molecule has 0 aliphatic heterocycles. The van der Waals surface area contributed by atoms with Crippen LogP contribution in [0.2, 0.25) is 0 Å². The molecule has 5 heteroatoms. The molecule has 0 bridgehead atoms. The maximum absolute atomic E-state index is 4.32. The van der Waals surface area contributed by atoms with Gasteiger partial charge >= 0.3 is 0 Å². The Morgan fingerprint density at radius 1 is 0.684 bits per heavy atom. The average Bonchev–Trinajstić information content (AvgIpc) is 2.88. The molecule has 0 saturated heterocycles. The largest absolute Gasteiger partial charge is 0.385 e. The second-order valence-electron chi connectivity index (χ2n) is 10.7. The first-order chi connectivity index (χ1) is 18.0. The van der Waals surface area contributed by atoms with Gasteiger partial charge in [0.1, 0.15) is 0 Å². The van der Waals surface area contributed by atoms with Crippen molar-refractivity contribution in [2.24, 2.45) is 5.92 Å². The van der Waals surface area contributed by atoms with Crippen LogP contribution in [0.15, 0.2) is 68.2 Å². The van der Waals surface area contributed by atoms with Crippen molar-refractivity contribution in [1.29, 1.82) is 0 Å². The van der Waals surface area contributed by atoms with Crippen LogP contribution in [0.25, 0.3) is 11.4 Å². The first kappa shape index (κ1) is 32.9. The number of anilines is 1. The molecule has 0 aliphatic carbocycles. The second kappa shape index (κ2) is 17.4. The molecule has 1 aromatic carbocycles. The summed E-state index contributed by atoms with van der Waals surface area (Å²) in [5, 5.41) is 17.4. The monoisotopic (exact) mass is 521 g/mol. The summed E-state index contributed by atoms with van der Waals surface area (Å²) in [5.74, 6) is 0.647. The topological polar surface area (TPSA) is 60.1 Å². The molecule has 5 N–H and O–H groups in total. The van der Waals surface area contributed by atoms with Gasteiger partial charge in [-0.25, -0.2) is 0 Å². The van der Waals surface area contributed by atoms with Crippen LogP contribution >= 0.6 is 0 Å². The quantitative estimate of drug-likeness (QED) is 0.114. The molecular formula is C33H55N5. The zero-order valence-corrected chi connectivity index (χ0v) is 25.2. The predicted octanol–water partition coefficient (Wildman–Crippen LogP) is 7.75. The molecule has 0 radical (unpaired) electrons. The lowest BCUT2D eigenvalue weighted by Gasteiger charge is -2.23. The zero-order valence-electron chi connectivity index (χ0n) is 25.2. The van der Waals surface area contributed by atoms with Gasteiger partial charge in [-0.15, -0.1) is 0 Å². The lowest BCUT2D eigenvalue weighted by molar-refractivity contribution is 0.433. The predicted molar refractivity (Wildman–Crippen MR) is 171 cm³/mol. The van der Waals surface area contributed by atoms with E-state index in [4.69, 9.17) is 0 Å². The smallest absolute Gasteiger partial charge is 0.0541 e. The Hall–Kier alpha value is -3.08. The molecular weight excluding hydrogens is 466 g/mol. The summed E-state index contributed by atoms with van der Waals surface area (Å²) in [4.78, 5) is 0. The van der Waals surface area contributed by atoms with Gasteiger partial charge in [-0.05, 0) is 67.3 Å². The van der Waals surface area contributed by atoms with Crippen molar-refractivity contribution in [2.75, 3.05) is 18.4 Å². The normalized spacial score (nSPS) is 11.6. The molecule has 1 aromatic rings. The van der Waals surface area contributed by atoms with E-state index in [0.29, 0.717) is 31.1 Å². The van der Waals surface area contributed by atoms with E-state index in [0.717, 1.165) is 83.8 Å². The summed E-state index contributed by atoms with van der Waals surface area (Å²) in [5.41, 5.74) is 7.55. The number of hydrogen-bond donors (Lipinski definition) is 5. The van der Waals surface area contributed by atoms with Crippen molar-refractivity contribution in [1.82, 2.24) is 21.3 Å². The van der Waals surface area contributed by atoms with Crippen molar-refractivity contribution >= 4 is 17.1 Å². The first-order valence-corrected chi connectivity index (χ1v) is 14.4. The van der Waals surface area contributed by atoms with Gasteiger partial charge in [0, 0.05) is 46.3 Å². The Morgan fingerprint density at radius 3 is 1.58 bits per heavy atom. The highest BCUT2D eigenvalue weighted by Gasteiger charge is 2.11. The van der Waals surface area contributed by atoms with E-state index < -0.39 is 0 Å². The van der Waals surface area contributed by atoms with Crippen LogP contribution in [0.5, 0.6) is 0 Å². The van der Waals surface area contributed by atoms with E-state index in [-0.39, 0.29) is 0 Å². The summed E-state index contributed by atoms with van der Waals surface area (Å²) in [6, 6.07) is 7.19. The molecule has 5 nitrogen and oxygen atoms in total. The van der Waals surface area contributed by atoms with E-state index in [1.54, 1.807) is 0 Å². The Bertz CT molecular complexity index is 939. The second-order valence-corrected chi connectivity index (χ2v) is 10.7. The maximum Gasteiger partial charge on any atom is 0.0541 e. The van der Waals surface area contributed by atoms with Crippen molar-refractivity contribution in [3.63, 3.8) is 0 Å².